The molecular formula is C15H10FN3O2. The molecule has 4 rings (SSSR count). The molecule has 2 heterocycles. The standard InChI is InChI=1S/C15H10FN3O2/c16-8-5-6-12-11(7-8)15(21)19-13(17-12)9-3-1-2-4-10(9)14(20)18-19/h1-7,13,17H,(H,18,20). The van der Waals surface area contributed by atoms with Gasteiger partial charge in [0.25, 0.3) is 11.8 Å². The summed E-state index contributed by atoms with van der Waals surface area (Å²) in [5.74, 6) is -1.28. The number of amides is 2. The van der Waals surface area contributed by atoms with Gasteiger partial charge in [0.05, 0.1) is 5.56 Å². The predicted molar refractivity (Wildman–Crippen MR) is 72.8 cm³/mol. The number of hydrogen-bond donors (Lipinski definition) is 2. The van der Waals surface area contributed by atoms with Gasteiger partial charge >= 0.3 is 0 Å². The van der Waals surface area contributed by atoms with Crippen LogP contribution in [0.25, 0.3) is 0 Å². The molecule has 0 aliphatic carbocycles. The van der Waals surface area contributed by atoms with E-state index in [4.69, 9.17) is 0 Å². The summed E-state index contributed by atoms with van der Waals surface area (Å²) in [5.41, 5.74) is 4.52. The van der Waals surface area contributed by atoms with Crippen molar-refractivity contribution in [1.82, 2.24) is 10.4 Å². The first-order valence-corrected chi connectivity index (χ1v) is 6.45. The molecule has 0 fully saturated rings. The van der Waals surface area contributed by atoms with Gasteiger partial charge in [-0.15, -0.1) is 0 Å². The van der Waals surface area contributed by atoms with Gasteiger partial charge in [0.15, 0.2) is 0 Å². The predicted octanol–water partition coefficient (Wildman–Crippen LogP) is 2.05. The molecule has 0 radical (unpaired) electrons. The van der Waals surface area contributed by atoms with Crippen LogP contribution < -0.4 is 10.7 Å². The maximum absolute atomic E-state index is 13.3. The average Bonchev–Trinajstić information content (AvgIpc) is 2.50. The fraction of sp³-hybridized carbons (Fsp3) is 0.0667. The minimum Gasteiger partial charge on any atom is -0.359 e. The smallest absolute Gasteiger partial charge is 0.276 e. The minimum absolute atomic E-state index is 0.200. The zero-order valence-corrected chi connectivity index (χ0v) is 10.8. The molecule has 2 aliphatic heterocycles. The third-order valence-electron chi connectivity index (χ3n) is 3.70. The Balaban J connectivity index is 1.88. The molecule has 0 saturated heterocycles. The van der Waals surface area contributed by atoms with Crippen LogP contribution in [0.3, 0.4) is 0 Å². The number of carbonyl (C=O) groups excluding carboxylic acids is 2. The Morgan fingerprint density at radius 2 is 1.86 bits per heavy atom. The van der Waals surface area contributed by atoms with E-state index in [2.05, 4.69) is 10.7 Å². The summed E-state index contributed by atoms with van der Waals surface area (Å²) in [6.07, 6.45) is -0.496. The second kappa shape index (κ2) is 4.05. The number of hydrogen-bond acceptors (Lipinski definition) is 3. The number of nitrogens with one attached hydrogen (secondary N) is 2. The summed E-state index contributed by atoms with van der Waals surface area (Å²) in [4.78, 5) is 24.5. The summed E-state index contributed by atoms with van der Waals surface area (Å²) < 4.78 is 13.3. The Bertz CT molecular complexity index is 790. The van der Waals surface area contributed by atoms with E-state index >= 15 is 0 Å². The molecule has 2 aromatic carbocycles. The monoisotopic (exact) mass is 283 g/mol. The molecule has 1 atom stereocenters. The fourth-order valence-electron chi connectivity index (χ4n) is 2.72. The lowest BCUT2D eigenvalue weighted by molar-refractivity contribution is 0.0456. The Labute approximate surface area is 119 Å². The van der Waals surface area contributed by atoms with Gasteiger partial charge in [-0.2, -0.15) is 0 Å². The SMILES string of the molecule is O=C1NN2C(=O)c3cc(F)ccc3NC2c2ccccc21. The molecule has 104 valence electrons. The summed E-state index contributed by atoms with van der Waals surface area (Å²) in [6.45, 7) is 0. The van der Waals surface area contributed by atoms with E-state index in [0.29, 0.717) is 16.8 Å². The number of carbonyl (C=O) groups is 2. The van der Waals surface area contributed by atoms with E-state index in [9.17, 15) is 14.0 Å². The molecule has 2 aliphatic rings. The van der Waals surface area contributed by atoms with Gasteiger partial charge in [-0.25, -0.2) is 9.40 Å². The van der Waals surface area contributed by atoms with Gasteiger partial charge in [-0.05, 0) is 24.3 Å². The quantitative estimate of drug-likeness (QED) is 0.778. The van der Waals surface area contributed by atoms with Crippen LogP contribution in [0.1, 0.15) is 32.4 Å². The number of fused-ring (bicyclic) bond motifs is 4. The van der Waals surface area contributed by atoms with Crippen molar-refractivity contribution in [2.45, 2.75) is 6.17 Å². The second-order valence-corrected chi connectivity index (χ2v) is 4.94. The van der Waals surface area contributed by atoms with Crippen LogP contribution in [0.15, 0.2) is 42.5 Å². The van der Waals surface area contributed by atoms with Crippen LogP contribution in [0, 0.1) is 5.82 Å². The molecule has 5 nitrogen and oxygen atoms in total. The number of anilines is 1. The minimum atomic E-state index is -0.496. The van der Waals surface area contributed by atoms with Crippen LogP contribution in [0.4, 0.5) is 10.1 Å². The average molecular weight is 283 g/mol. The van der Waals surface area contributed by atoms with Crippen molar-refractivity contribution < 1.29 is 14.0 Å². The van der Waals surface area contributed by atoms with Gasteiger partial charge in [0, 0.05) is 16.8 Å². The normalized spacial score (nSPS) is 19.1. The number of nitrogens with zero attached hydrogens (tertiary/aromatic N) is 1. The van der Waals surface area contributed by atoms with Crippen molar-refractivity contribution in [3.05, 3.63) is 65.0 Å². The molecule has 2 N–H and O–H groups in total. The van der Waals surface area contributed by atoms with Crippen molar-refractivity contribution in [2.24, 2.45) is 0 Å². The van der Waals surface area contributed by atoms with Gasteiger partial charge in [-0.3, -0.25) is 15.0 Å². The van der Waals surface area contributed by atoms with Gasteiger partial charge < -0.3 is 5.32 Å². The topological polar surface area (TPSA) is 61.4 Å². The van der Waals surface area contributed by atoms with Crippen molar-refractivity contribution in [1.29, 1.82) is 0 Å². The molecule has 6 heteroatoms. The molecule has 2 aromatic rings. The molecule has 0 spiro atoms. The molecule has 1 unspecified atom stereocenters. The highest BCUT2D eigenvalue weighted by Crippen LogP contribution is 2.35. The Morgan fingerprint density at radius 3 is 2.71 bits per heavy atom. The Kier molecular flexibility index (Phi) is 2.29. The lowest BCUT2D eigenvalue weighted by Gasteiger charge is -2.41. The number of benzene rings is 2. The van der Waals surface area contributed by atoms with E-state index in [1.54, 1.807) is 18.2 Å². The maximum atomic E-state index is 13.3. The summed E-state index contributed by atoms with van der Waals surface area (Å²) in [5, 5.41) is 4.36. The van der Waals surface area contributed by atoms with Crippen LogP contribution in [0.5, 0.6) is 0 Å². The van der Waals surface area contributed by atoms with E-state index in [1.165, 1.54) is 17.1 Å². The zero-order chi connectivity index (χ0) is 14.6. The third-order valence-corrected chi connectivity index (χ3v) is 3.70. The lowest BCUT2D eigenvalue weighted by Crippen LogP contribution is -2.56. The number of halogens is 1. The largest absolute Gasteiger partial charge is 0.359 e. The molecule has 0 saturated carbocycles. The van der Waals surface area contributed by atoms with E-state index in [-0.39, 0.29) is 11.5 Å². The van der Waals surface area contributed by atoms with Crippen molar-refractivity contribution in [2.75, 3.05) is 5.32 Å². The Hall–Kier alpha value is -2.89. The first-order valence-electron chi connectivity index (χ1n) is 6.45. The molecule has 21 heavy (non-hydrogen) atoms. The maximum Gasteiger partial charge on any atom is 0.276 e. The van der Waals surface area contributed by atoms with E-state index in [1.807, 2.05) is 6.07 Å². The van der Waals surface area contributed by atoms with Crippen LogP contribution in [-0.4, -0.2) is 16.8 Å². The van der Waals surface area contributed by atoms with Gasteiger partial charge in [0.1, 0.15) is 12.0 Å². The van der Waals surface area contributed by atoms with Crippen molar-refractivity contribution in [3.63, 3.8) is 0 Å². The summed E-state index contributed by atoms with van der Waals surface area (Å²) in [7, 11) is 0. The van der Waals surface area contributed by atoms with Crippen LogP contribution in [0.2, 0.25) is 0 Å². The highest BCUT2D eigenvalue weighted by Gasteiger charge is 2.39. The number of hydrazine groups is 1. The molecule has 0 bridgehead atoms. The molecule has 2 amide bonds. The highest BCUT2D eigenvalue weighted by molar-refractivity contribution is 6.06. The molecule has 0 aromatic heterocycles. The highest BCUT2D eigenvalue weighted by atomic mass is 19.1. The fourth-order valence-corrected chi connectivity index (χ4v) is 2.72. The summed E-state index contributed by atoms with van der Waals surface area (Å²) in [6, 6.07) is 11.0. The molecular weight excluding hydrogens is 273 g/mol. The van der Waals surface area contributed by atoms with Crippen molar-refractivity contribution >= 4 is 17.5 Å². The second-order valence-electron chi connectivity index (χ2n) is 4.94. The van der Waals surface area contributed by atoms with Crippen LogP contribution >= 0.6 is 0 Å². The van der Waals surface area contributed by atoms with E-state index < -0.39 is 17.9 Å². The van der Waals surface area contributed by atoms with E-state index in [0.717, 1.165) is 6.07 Å². The first-order chi connectivity index (χ1) is 10.1. The third kappa shape index (κ3) is 1.62. The first kappa shape index (κ1) is 11.9. The lowest BCUT2D eigenvalue weighted by atomic mass is 9.98. The Morgan fingerprint density at radius 1 is 1.05 bits per heavy atom. The van der Waals surface area contributed by atoms with Crippen LogP contribution in [-0.2, 0) is 0 Å². The van der Waals surface area contributed by atoms with Crippen molar-refractivity contribution in [3.8, 4) is 0 Å². The number of rotatable bonds is 0. The van der Waals surface area contributed by atoms with Gasteiger partial charge in [0.2, 0.25) is 0 Å². The summed E-state index contributed by atoms with van der Waals surface area (Å²) >= 11 is 0. The zero-order valence-electron chi connectivity index (χ0n) is 10.8. The van der Waals surface area contributed by atoms with Gasteiger partial charge in [-0.1, -0.05) is 18.2 Å².